The Kier molecular flexibility index (Phi) is 4.39. The van der Waals surface area contributed by atoms with Crippen LogP contribution >= 0.6 is 0 Å². The van der Waals surface area contributed by atoms with Crippen molar-refractivity contribution < 1.29 is 10.1 Å². The molecule has 0 aliphatic heterocycles. The molecule has 0 aromatic heterocycles. The molecular formula is C4H8N2O3. The highest BCUT2D eigenvalue weighted by molar-refractivity contribution is 5.55. The van der Waals surface area contributed by atoms with Crippen molar-refractivity contribution in [3.63, 3.8) is 0 Å². The van der Waals surface area contributed by atoms with Crippen molar-refractivity contribution in [2.75, 3.05) is 6.54 Å². The minimum Gasteiger partial charge on any atom is -0.411 e. The molecule has 0 amide bonds. The molecule has 0 spiro atoms. The predicted octanol–water partition coefficient (Wildman–Crippen LogP) is 0.503. The Balaban J connectivity index is 3.01. The lowest BCUT2D eigenvalue weighted by Crippen LogP contribution is -1.99. The first-order valence-corrected chi connectivity index (χ1v) is 2.55. The van der Waals surface area contributed by atoms with E-state index in [0.717, 1.165) is 0 Å². The largest absolute Gasteiger partial charge is 0.411 e. The fourth-order valence-corrected chi connectivity index (χ4v) is 0.369. The Morgan fingerprint density at radius 2 is 2.44 bits per heavy atom. The molecule has 52 valence electrons. The van der Waals surface area contributed by atoms with Crippen molar-refractivity contribution in [2.45, 2.75) is 12.8 Å². The number of nitrogens with zero attached hydrogens (tertiary/aromatic N) is 2. The van der Waals surface area contributed by atoms with Gasteiger partial charge < -0.3 is 5.21 Å². The molecule has 0 aliphatic rings. The molecule has 0 aliphatic carbocycles. The van der Waals surface area contributed by atoms with E-state index in [9.17, 15) is 10.1 Å². The number of nitro groups is 1. The molecule has 0 unspecified atom stereocenters. The van der Waals surface area contributed by atoms with Gasteiger partial charge in [-0.15, -0.1) is 5.16 Å². The lowest BCUT2D eigenvalue weighted by molar-refractivity contribution is -0.480. The van der Waals surface area contributed by atoms with Crippen molar-refractivity contribution in [3.8, 4) is 0 Å². The third kappa shape index (κ3) is 6.87. The van der Waals surface area contributed by atoms with Crippen LogP contribution in [0.25, 0.3) is 0 Å². The first-order chi connectivity index (χ1) is 4.27. The molecule has 0 saturated heterocycles. The lowest BCUT2D eigenvalue weighted by atomic mass is 10.3. The summed E-state index contributed by atoms with van der Waals surface area (Å²) in [7, 11) is 0. The van der Waals surface area contributed by atoms with Crippen molar-refractivity contribution in [1.29, 1.82) is 0 Å². The summed E-state index contributed by atoms with van der Waals surface area (Å²) in [6.45, 7) is -0.0635. The maximum atomic E-state index is 9.66. The average Bonchev–Trinajstić information content (AvgIpc) is 1.80. The minimum absolute atomic E-state index is 0.0635. The van der Waals surface area contributed by atoms with Gasteiger partial charge >= 0.3 is 0 Å². The molecule has 1 N–H and O–H groups in total. The smallest absolute Gasteiger partial charge is 0.204 e. The number of oxime groups is 1. The molecular weight excluding hydrogens is 124 g/mol. The number of unbranched alkanes of at least 4 members (excludes halogenated alkanes) is 1. The van der Waals surface area contributed by atoms with Crippen LogP contribution in [0.2, 0.25) is 0 Å². The predicted molar refractivity (Wildman–Crippen MR) is 31.4 cm³/mol. The van der Waals surface area contributed by atoms with E-state index in [-0.39, 0.29) is 6.54 Å². The van der Waals surface area contributed by atoms with E-state index in [1.807, 2.05) is 0 Å². The van der Waals surface area contributed by atoms with Gasteiger partial charge in [0.25, 0.3) is 0 Å². The molecule has 5 heteroatoms. The van der Waals surface area contributed by atoms with E-state index in [1.165, 1.54) is 6.21 Å². The number of rotatable bonds is 4. The third-order valence-corrected chi connectivity index (χ3v) is 0.756. The van der Waals surface area contributed by atoms with E-state index in [2.05, 4.69) is 5.16 Å². The van der Waals surface area contributed by atoms with Crippen LogP contribution in [-0.4, -0.2) is 22.9 Å². The lowest BCUT2D eigenvalue weighted by Gasteiger charge is -1.86. The molecule has 0 radical (unpaired) electrons. The summed E-state index contributed by atoms with van der Waals surface area (Å²) in [5, 5.41) is 20.2. The Bertz CT molecular complexity index is 112. The van der Waals surface area contributed by atoms with Crippen LogP contribution in [0.4, 0.5) is 0 Å². The molecule has 9 heavy (non-hydrogen) atoms. The zero-order chi connectivity index (χ0) is 7.11. The monoisotopic (exact) mass is 132 g/mol. The Labute approximate surface area is 52.1 Å². The summed E-state index contributed by atoms with van der Waals surface area (Å²) in [5.41, 5.74) is 0. The maximum absolute atomic E-state index is 9.66. The molecule has 0 fully saturated rings. The first-order valence-electron chi connectivity index (χ1n) is 2.55. The van der Waals surface area contributed by atoms with Gasteiger partial charge in [0.05, 0.1) is 0 Å². The molecule has 5 nitrogen and oxygen atoms in total. The SMILES string of the molecule is O=[N+]([O-])CCCC=NO. The minimum atomic E-state index is -0.398. The molecule has 0 atom stereocenters. The summed E-state index contributed by atoms with van der Waals surface area (Å²) in [4.78, 5) is 9.26. The van der Waals surface area contributed by atoms with Crippen molar-refractivity contribution >= 4 is 6.21 Å². The van der Waals surface area contributed by atoms with Crippen LogP contribution in [0.3, 0.4) is 0 Å². The van der Waals surface area contributed by atoms with Gasteiger partial charge in [-0.1, -0.05) is 0 Å². The zero-order valence-electron chi connectivity index (χ0n) is 4.86. The average molecular weight is 132 g/mol. The standard InChI is InChI=1S/C4H8N2O3/c7-5-3-1-2-4-6(8)9/h3,7H,1-2,4H2. The molecule has 0 heterocycles. The highest BCUT2D eigenvalue weighted by atomic mass is 16.6. The second kappa shape index (κ2) is 5.02. The zero-order valence-corrected chi connectivity index (χ0v) is 4.86. The van der Waals surface area contributed by atoms with Crippen LogP contribution in [0.1, 0.15) is 12.8 Å². The van der Waals surface area contributed by atoms with Gasteiger partial charge in [-0.25, -0.2) is 0 Å². The highest BCUT2D eigenvalue weighted by Crippen LogP contribution is 1.84. The fourth-order valence-electron chi connectivity index (χ4n) is 0.369. The van der Waals surface area contributed by atoms with Gasteiger partial charge in [0.1, 0.15) is 0 Å². The third-order valence-electron chi connectivity index (χ3n) is 0.756. The molecule has 0 aromatic carbocycles. The summed E-state index contributed by atoms with van der Waals surface area (Å²) < 4.78 is 0. The molecule has 0 aromatic rings. The summed E-state index contributed by atoms with van der Waals surface area (Å²) >= 11 is 0. The Hall–Kier alpha value is -1.13. The first kappa shape index (κ1) is 7.87. The van der Waals surface area contributed by atoms with Crippen molar-refractivity contribution in [1.82, 2.24) is 0 Å². The van der Waals surface area contributed by atoms with E-state index < -0.39 is 4.92 Å². The quantitative estimate of drug-likeness (QED) is 0.199. The van der Waals surface area contributed by atoms with Gasteiger partial charge in [-0.05, 0) is 6.42 Å². The summed E-state index contributed by atoms with van der Waals surface area (Å²) in [6.07, 6.45) is 2.12. The van der Waals surface area contributed by atoms with Crippen LogP contribution in [0, 0.1) is 10.1 Å². The van der Waals surface area contributed by atoms with Gasteiger partial charge in [0.15, 0.2) is 0 Å². The fraction of sp³-hybridized carbons (Fsp3) is 0.750. The van der Waals surface area contributed by atoms with Crippen LogP contribution in [0.15, 0.2) is 5.16 Å². The topological polar surface area (TPSA) is 75.7 Å². The van der Waals surface area contributed by atoms with E-state index in [0.29, 0.717) is 12.8 Å². The van der Waals surface area contributed by atoms with Crippen LogP contribution < -0.4 is 0 Å². The van der Waals surface area contributed by atoms with Gasteiger partial charge in [-0.2, -0.15) is 0 Å². The van der Waals surface area contributed by atoms with Gasteiger partial charge in [0, 0.05) is 17.6 Å². The second-order valence-corrected chi connectivity index (χ2v) is 1.50. The molecule has 0 rings (SSSR count). The van der Waals surface area contributed by atoms with Crippen molar-refractivity contribution in [3.05, 3.63) is 10.1 Å². The van der Waals surface area contributed by atoms with E-state index in [1.54, 1.807) is 0 Å². The Morgan fingerprint density at radius 1 is 1.78 bits per heavy atom. The second-order valence-electron chi connectivity index (χ2n) is 1.50. The molecule has 0 saturated carbocycles. The highest BCUT2D eigenvalue weighted by Gasteiger charge is 1.92. The molecule has 0 bridgehead atoms. The van der Waals surface area contributed by atoms with E-state index >= 15 is 0 Å². The Morgan fingerprint density at radius 3 is 2.89 bits per heavy atom. The number of hydrogen-bond acceptors (Lipinski definition) is 4. The van der Waals surface area contributed by atoms with E-state index in [4.69, 9.17) is 5.21 Å². The normalized spacial score (nSPS) is 10.2. The van der Waals surface area contributed by atoms with Crippen LogP contribution in [0.5, 0.6) is 0 Å². The maximum Gasteiger partial charge on any atom is 0.204 e. The number of hydrogen-bond donors (Lipinski definition) is 1. The van der Waals surface area contributed by atoms with Crippen LogP contribution in [-0.2, 0) is 0 Å². The van der Waals surface area contributed by atoms with Crippen molar-refractivity contribution in [2.24, 2.45) is 5.16 Å². The van der Waals surface area contributed by atoms with Gasteiger partial charge in [-0.3, -0.25) is 10.1 Å². The summed E-state index contributed by atoms with van der Waals surface area (Å²) in [6, 6.07) is 0. The van der Waals surface area contributed by atoms with Gasteiger partial charge in [0.2, 0.25) is 6.54 Å². The summed E-state index contributed by atoms with van der Waals surface area (Å²) in [5.74, 6) is 0.